The number of nitrogens with one attached hydrogen (secondary N) is 1. The molecule has 1 fully saturated rings. The molecule has 1 aliphatic heterocycles. The molecule has 102 valence electrons. The standard InChI is InChI=1S/C14H30N2O/c1-12(2)14(11-17)9-15-7-6-13-5-4-8-16(3)10-13/h12-15,17H,4-11H2,1-3H3. The van der Waals surface area contributed by atoms with Gasteiger partial charge in [-0.1, -0.05) is 13.8 Å². The minimum atomic E-state index is 0.302. The van der Waals surface area contributed by atoms with Gasteiger partial charge in [-0.15, -0.1) is 0 Å². The van der Waals surface area contributed by atoms with Gasteiger partial charge in [0.2, 0.25) is 0 Å². The lowest BCUT2D eigenvalue weighted by molar-refractivity contribution is 0.180. The van der Waals surface area contributed by atoms with Crippen molar-refractivity contribution >= 4 is 0 Å². The third-order valence-corrected chi connectivity index (χ3v) is 4.04. The monoisotopic (exact) mass is 242 g/mol. The summed E-state index contributed by atoms with van der Waals surface area (Å²) in [5, 5.41) is 12.7. The molecule has 2 unspecified atom stereocenters. The summed E-state index contributed by atoms with van der Waals surface area (Å²) >= 11 is 0. The molecular weight excluding hydrogens is 212 g/mol. The lowest BCUT2D eigenvalue weighted by Gasteiger charge is -2.30. The highest BCUT2D eigenvalue weighted by Gasteiger charge is 2.17. The first kappa shape index (κ1) is 14.9. The van der Waals surface area contributed by atoms with Crippen molar-refractivity contribution in [1.29, 1.82) is 0 Å². The maximum atomic E-state index is 9.23. The highest BCUT2D eigenvalue weighted by molar-refractivity contribution is 4.72. The van der Waals surface area contributed by atoms with Crippen molar-refractivity contribution in [2.24, 2.45) is 17.8 Å². The summed E-state index contributed by atoms with van der Waals surface area (Å²) in [6.45, 7) is 9.24. The number of aliphatic hydroxyl groups excluding tert-OH is 1. The summed E-state index contributed by atoms with van der Waals surface area (Å²) in [5.74, 6) is 1.84. The molecule has 1 aliphatic rings. The van der Waals surface area contributed by atoms with Crippen LogP contribution in [0.2, 0.25) is 0 Å². The predicted molar refractivity (Wildman–Crippen MR) is 73.1 cm³/mol. The van der Waals surface area contributed by atoms with Crippen LogP contribution in [0, 0.1) is 17.8 Å². The SMILES string of the molecule is CC(C)C(CO)CNCCC1CCCN(C)C1. The van der Waals surface area contributed by atoms with Crippen molar-refractivity contribution in [3.8, 4) is 0 Å². The fourth-order valence-electron chi connectivity index (χ4n) is 2.61. The van der Waals surface area contributed by atoms with E-state index in [-0.39, 0.29) is 0 Å². The van der Waals surface area contributed by atoms with Crippen LogP contribution in [0.25, 0.3) is 0 Å². The fraction of sp³-hybridized carbons (Fsp3) is 1.00. The largest absolute Gasteiger partial charge is 0.396 e. The topological polar surface area (TPSA) is 35.5 Å². The minimum absolute atomic E-state index is 0.302. The van der Waals surface area contributed by atoms with Crippen molar-refractivity contribution in [3.63, 3.8) is 0 Å². The highest BCUT2D eigenvalue weighted by Crippen LogP contribution is 2.17. The molecule has 2 N–H and O–H groups in total. The first-order valence-electron chi connectivity index (χ1n) is 7.13. The van der Waals surface area contributed by atoms with E-state index in [9.17, 15) is 5.11 Å². The van der Waals surface area contributed by atoms with Gasteiger partial charge in [0.15, 0.2) is 0 Å². The molecule has 1 heterocycles. The number of rotatable bonds is 7. The molecule has 0 radical (unpaired) electrons. The fourth-order valence-corrected chi connectivity index (χ4v) is 2.61. The average molecular weight is 242 g/mol. The maximum Gasteiger partial charge on any atom is 0.0473 e. The smallest absolute Gasteiger partial charge is 0.0473 e. The Balaban J connectivity index is 2.07. The quantitative estimate of drug-likeness (QED) is 0.665. The van der Waals surface area contributed by atoms with Crippen LogP contribution in [0.15, 0.2) is 0 Å². The second-order valence-corrected chi connectivity index (χ2v) is 5.95. The Labute approximate surface area is 107 Å². The van der Waals surface area contributed by atoms with Gasteiger partial charge in [0.25, 0.3) is 0 Å². The van der Waals surface area contributed by atoms with Crippen molar-refractivity contribution < 1.29 is 5.11 Å². The molecule has 17 heavy (non-hydrogen) atoms. The van der Waals surface area contributed by atoms with Crippen molar-refractivity contribution in [2.45, 2.75) is 33.1 Å². The van der Waals surface area contributed by atoms with Crippen LogP contribution in [0.3, 0.4) is 0 Å². The number of hydrogen-bond acceptors (Lipinski definition) is 3. The van der Waals surface area contributed by atoms with E-state index in [0.717, 1.165) is 19.0 Å². The third-order valence-electron chi connectivity index (χ3n) is 4.04. The number of likely N-dealkylation sites (tertiary alicyclic amines) is 1. The second kappa shape index (κ2) is 8.06. The van der Waals surface area contributed by atoms with Crippen LogP contribution < -0.4 is 5.32 Å². The maximum absolute atomic E-state index is 9.23. The Hall–Kier alpha value is -0.120. The van der Waals surface area contributed by atoms with Gasteiger partial charge in [-0.25, -0.2) is 0 Å². The first-order chi connectivity index (χ1) is 8.13. The number of piperidine rings is 1. The summed E-state index contributed by atoms with van der Waals surface area (Å²) in [4.78, 5) is 2.44. The van der Waals surface area contributed by atoms with E-state index in [1.54, 1.807) is 0 Å². The van der Waals surface area contributed by atoms with Crippen LogP contribution in [0.1, 0.15) is 33.1 Å². The van der Waals surface area contributed by atoms with Crippen molar-refractivity contribution in [3.05, 3.63) is 0 Å². The number of hydrogen-bond donors (Lipinski definition) is 2. The zero-order valence-corrected chi connectivity index (χ0v) is 11.8. The molecule has 0 saturated carbocycles. The molecule has 1 saturated heterocycles. The molecule has 0 aromatic rings. The van der Waals surface area contributed by atoms with Gasteiger partial charge in [-0.05, 0) is 57.2 Å². The van der Waals surface area contributed by atoms with Crippen LogP contribution in [-0.4, -0.2) is 49.8 Å². The molecule has 2 atom stereocenters. The van der Waals surface area contributed by atoms with E-state index in [1.807, 2.05) is 0 Å². The summed E-state index contributed by atoms with van der Waals surface area (Å²) in [6, 6.07) is 0. The lowest BCUT2D eigenvalue weighted by atomic mass is 9.94. The van der Waals surface area contributed by atoms with Crippen LogP contribution in [0.5, 0.6) is 0 Å². The summed E-state index contributed by atoms with van der Waals surface area (Å²) in [6.07, 6.45) is 4.02. The molecule has 0 spiro atoms. The highest BCUT2D eigenvalue weighted by atomic mass is 16.3. The van der Waals surface area contributed by atoms with Gasteiger partial charge < -0.3 is 15.3 Å². The zero-order valence-electron chi connectivity index (χ0n) is 11.8. The Morgan fingerprint density at radius 2 is 2.18 bits per heavy atom. The normalized spacial score (nSPS) is 24.2. The first-order valence-corrected chi connectivity index (χ1v) is 7.13. The van der Waals surface area contributed by atoms with Gasteiger partial charge in [0.05, 0.1) is 0 Å². The molecule has 1 rings (SSSR count). The molecule has 0 aliphatic carbocycles. The predicted octanol–water partition coefficient (Wildman–Crippen LogP) is 1.57. The van der Waals surface area contributed by atoms with Crippen LogP contribution in [0.4, 0.5) is 0 Å². The molecule has 0 amide bonds. The Morgan fingerprint density at radius 1 is 1.41 bits per heavy atom. The van der Waals surface area contributed by atoms with Gasteiger partial charge in [0.1, 0.15) is 0 Å². The third kappa shape index (κ3) is 5.84. The molecule has 0 aromatic carbocycles. The Bertz CT molecular complexity index is 197. The van der Waals surface area contributed by atoms with E-state index in [1.165, 1.54) is 32.4 Å². The van der Waals surface area contributed by atoms with Gasteiger partial charge >= 0.3 is 0 Å². The zero-order chi connectivity index (χ0) is 12.7. The van der Waals surface area contributed by atoms with Crippen molar-refractivity contribution in [1.82, 2.24) is 10.2 Å². The van der Waals surface area contributed by atoms with E-state index in [4.69, 9.17) is 0 Å². The second-order valence-electron chi connectivity index (χ2n) is 5.95. The lowest BCUT2D eigenvalue weighted by Crippen LogP contribution is -2.35. The van der Waals surface area contributed by atoms with E-state index >= 15 is 0 Å². The summed E-state index contributed by atoms with van der Waals surface area (Å²) in [5.41, 5.74) is 0. The Kier molecular flexibility index (Phi) is 7.09. The molecule has 0 bridgehead atoms. The number of aliphatic hydroxyl groups is 1. The minimum Gasteiger partial charge on any atom is -0.396 e. The van der Waals surface area contributed by atoms with Gasteiger partial charge in [-0.3, -0.25) is 0 Å². The average Bonchev–Trinajstić information content (AvgIpc) is 2.28. The van der Waals surface area contributed by atoms with E-state index in [2.05, 4.69) is 31.1 Å². The van der Waals surface area contributed by atoms with Gasteiger partial charge in [-0.2, -0.15) is 0 Å². The van der Waals surface area contributed by atoms with E-state index < -0.39 is 0 Å². The molecule has 3 nitrogen and oxygen atoms in total. The number of nitrogens with zero attached hydrogens (tertiary/aromatic N) is 1. The van der Waals surface area contributed by atoms with Crippen molar-refractivity contribution in [2.75, 3.05) is 39.8 Å². The molecular formula is C14H30N2O. The van der Waals surface area contributed by atoms with E-state index in [0.29, 0.717) is 18.4 Å². The summed E-state index contributed by atoms with van der Waals surface area (Å²) in [7, 11) is 2.22. The van der Waals surface area contributed by atoms with Crippen LogP contribution >= 0.6 is 0 Å². The van der Waals surface area contributed by atoms with Gasteiger partial charge in [0, 0.05) is 19.7 Å². The molecule has 0 aromatic heterocycles. The molecule has 3 heteroatoms. The van der Waals surface area contributed by atoms with Crippen LogP contribution in [-0.2, 0) is 0 Å². The Morgan fingerprint density at radius 3 is 2.76 bits per heavy atom. The summed E-state index contributed by atoms with van der Waals surface area (Å²) < 4.78 is 0.